The molecule has 7 heteroatoms. The van der Waals surface area contributed by atoms with Gasteiger partial charge in [0, 0.05) is 31.1 Å². The standard InChI is InChI=1S/C21H30N2O5/c1-3-4-5-6-7-8-17-9-11-18(12-10-17)21(25)22-19(15-28-16-27-2)13-14-20(24)23-26/h9-12,19,26H,3-6,13-16H2,1-2H3,(H,22,25)(H,23,24). The Bertz CT molecular complexity index is 649. The molecule has 1 unspecified atom stereocenters. The molecule has 154 valence electrons. The third kappa shape index (κ3) is 10.1. The van der Waals surface area contributed by atoms with E-state index >= 15 is 0 Å². The van der Waals surface area contributed by atoms with Crippen LogP contribution in [0.3, 0.4) is 0 Å². The zero-order valence-corrected chi connectivity index (χ0v) is 16.6. The molecule has 3 N–H and O–H groups in total. The largest absolute Gasteiger partial charge is 0.359 e. The normalized spacial score (nSPS) is 11.2. The number of carbonyl (C=O) groups excluding carboxylic acids is 2. The van der Waals surface area contributed by atoms with Crippen LogP contribution in [0.2, 0.25) is 0 Å². The molecule has 1 atom stereocenters. The van der Waals surface area contributed by atoms with Gasteiger partial charge in [0.15, 0.2) is 0 Å². The number of methoxy groups -OCH3 is 1. The van der Waals surface area contributed by atoms with Gasteiger partial charge in [0.1, 0.15) is 6.79 Å². The second kappa shape index (κ2) is 14.6. The van der Waals surface area contributed by atoms with Crippen molar-refractivity contribution >= 4 is 11.8 Å². The summed E-state index contributed by atoms with van der Waals surface area (Å²) >= 11 is 0. The van der Waals surface area contributed by atoms with Crippen molar-refractivity contribution in [1.82, 2.24) is 10.8 Å². The minimum Gasteiger partial charge on any atom is -0.359 e. The van der Waals surface area contributed by atoms with Crippen LogP contribution in [0.1, 0.15) is 61.4 Å². The Labute approximate surface area is 166 Å². The van der Waals surface area contributed by atoms with Crippen LogP contribution in [0, 0.1) is 11.8 Å². The van der Waals surface area contributed by atoms with Crippen LogP contribution in [0.4, 0.5) is 0 Å². The second-order valence-electron chi connectivity index (χ2n) is 6.36. The van der Waals surface area contributed by atoms with E-state index in [2.05, 4.69) is 24.1 Å². The highest BCUT2D eigenvalue weighted by molar-refractivity contribution is 5.94. The van der Waals surface area contributed by atoms with Crippen molar-refractivity contribution in [3.05, 3.63) is 35.4 Å². The Kier molecular flexibility index (Phi) is 12.4. The first-order chi connectivity index (χ1) is 13.6. The van der Waals surface area contributed by atoms with E-state index < -0.39 is 11.9 Å². The van der Waals surface area contributed by atoms with E-state index in [0.717, 1.165) is 18.4 Å². The van der Waals surface area contributed by atoms with Gasteiger partial charge < -0.3 is 14.8 Å². The lowest BCUT2D eigenvalue weighted by Crippen LogP contribution is -2.39. The number of hydroxylamine groups is 1. The van der Waals surface area contributed by atoms with Crippen molar-refractivity contribution in [1.29, 1.82) is 0 Å². The van der Waals surface area contributed by atoms with E-state index in [1.54, 1.807) is 17.6 Å². The van der Waals surface area contributed by atoms with Gasteiger partial charge in [-0.25, -0.2) is 5.48 Å². The molecule has 0 bridgehead atoms. The molecule has 0 heterocycles. The van der Waals surface area contributed by atoms with Crippen LogP contribution in [0.5, 0.6) is 0 Å². The maximum atomic E-state index is 12.5. The zero-order chi connectivity index (χ0) is 20.6. The minimum atomic E-state index is -0.521. The highest BCUT2D eigenvalue weighted by Crippen LogP contribution is 2.06. The fourth-order valence-electron chi connectivity index (χ4n) is 2.43. The van der Waals surface area contributed by atoms with Crippen molar-refractivity contribution in [3.63, 3.8) is 0 Å². The first kappa shape index (κ1) is 23.6. The summed E-state index contributed by atoms with van der Waals surface area (Å²) in [5, 5.41) is 11.4. The Morgan fingerprint density at radius 2 is 1.96 bits per heavy atom. The third-order valence-electron chi connectivity index (χ3n) is 3.99. The molecule has 1 aromatic rings. The summed E-state index contributed by atoms with van der Waals surface area (Å²) in [6, 6.07) is 6.69. The maximum absolute atomic E-state index is 12.5. The van der Waals surface area contributed by atoms with Gasteiger partial charge in [0.05, 0.1) is 12.6 Å². The molecule has 0 fully saturated rings. The molecule has 0 radical (unpaired) electrons. The highest BCUT2D eigenvalue weighted by atomic mass is 16.7. The number of hydrogen-bond acceptors (Lipinski definition) is 5. The van der Waals surface area contributed by atoms with Crippen LogP contribution in [-0.2, 0) is 14.3 Å². The molecule has 2 amide bonds. The topological polar surface area (TPSA) is 96.9 Å². The molecule has 0 aromatic heterocycles. The van der Waals surface area contributed by atoms with E-state index in [9.17, 15) is 9.59 Å². The Morgan fingerprint density at radius 1 is 1.21 bits per heavy atom. The predicted octanol–water partition coefficient (Wildman–Crippen LogP) is 2.62. The molecule has 0 aliphatic heterocycles. The monoisotopic (exact) mass is 390 g/mol. The number of carbonyl (C=O) groups is 2. The van der Waals surface area contributed by atoms with E-state index in [0.29, 0.717) is 12.0 Å². The Balaban J connectivity index is 2.61. The van der Waals surface area contributed by atoms with Crippen molar-refractivity contribution in [2.45, 2.75) is 51.5 Å². The number of amides is 2. The van der Waals surface area contributed by atoms with Gasteiger partial charge in [-0.1, -0.05) is 31.6 Å². The second-order valence-corrected chi connectivity index (χ2v) is 6.36. The first-order valence-electron chi connectivity index (χ1n) is 9.50. The van der Waals surface area contributed by atoms with Gasteiger partial charge in [0.2, 0.25) is 5.91 Å². The van der Waals surface area contributed by atoms with Crippen molar-refractivity contribution < 1.29 is 24.3 Å². The quantitative estimate of drug-likeness (QED) is 0.168. The van der Waals surface area contributed by atoms with Gasteiger partial charge in [0.25, 0.3) is 5.91 Å². The summed E-state index contributed by atoms with van der Waals surface area (Å²) in [6.45, 7) is 2.44. The SMILES string of the molecule is CCCCCC#Cc1ccc(C(=O)NC(CCC(=O)NO)COCOC)cc1. The zero-order valence-electron chi connectivity index (χ0n) is 16.6. The number of unbranched alkanes of at least 4 members (excludes halogenated alkanes) is 3. The molecule has 1 rings (SSSR count). The van der Waals surface area contributed by atoms with Crippen LogP contribution in [0.15, 0.2) is 24.3 Å². The average molecular weight is 390 g/mol. The molecule has 28 heavy (non-hydrogen) atoms. The summed E-state index contributed by atoms with van der Waals surface area (Å²) < 4.78 is 10.1. The molecule has 7 nitrogen and oxygen atoms in total. The Morgan fingerprint density at radius 3 is 2.61 bits per heavy atom. The lowest BCUT2D eigenvalue weighted by Gasteiger charge is -2.18. The summed E-state index contributed by atoms with van der Waals surface area (Å²) in [5.41, 5.74) is 2.94. The summed E-state index contributed by atoms with van der Waals surface area (Å²) in [7, 11) is 1.50. The maximum Gasteiger partial charge on any atom is 0.251 e. The van der Waals surface area contributed by atoms with Gasteiger partial charge in [-0.05, 0) is 37.1 Å². The summed E-state index contributed by atoms with van der Waals surface area (Å²) in [6.07, 6.45) is 4.72. The van der Waals surface area contributed by atoms with Crippen LogP contribution in [0.25, 0.3) is 0 Å². The molecule has 0 spiro atoms. The summed E-state index contributed by atoms with van der Waals surface area (Å²) in [5.74, 6) is 5.46. The lowest BCUT2D eigenvalue weighted by molar-refractivity contribution is -0.129. The smallest absolute Gasteiger partial charge is 0.251 e. The van der Waals surface area contributed by atoms with E-state index in [4.69, 9.17) is 14.7 Å². The van der Waals surface area contributed by atoms with E-state index in [1.165, 1.54) is 20.0 Å². The van der Waals surface area contributed by atoms with Crippen molar-refractivity contribution in [3.8, 4) is 11.8 Å². The number of nitrogens with one attached hydrogen (secondary N) is 2. The van der Waals surface area contributed by atoms with Gasteiger partial charge in [-0.3, -0.25) is 14.8 Å². The molecular weight excluding hydrogens is 360 g/mol. The molecular formula is C21H30N2O5. The molecule has 0 aliphatic rings. The number of benzene rings is 1. The van der Waals surface area contributed by atoms with Gasteiger partial charge in [-0.15, -0.1) is 0 Å². The molecule has 0 aliphatic carbocycles. The molecule has 0 saturated heterocycles. The van der Waals surface area contributed by atoms with Crippen molar-refractivity contribution in [2.75, 3.05) is 20.5 Å². The van der Waals surface area contributed by atoms with Gasteiger partial charge >= 0.3 is 0 Å². The third-order valence-corrected chi connectivity index (χ3v) is 3.99. The molecule has 0 saturated carbocycles. The van der Waals surface area contributed by atoms with Crippen LogP contribution >= 0.6 is 0 Å². The summed E-state index contributed by atoms with van der Waals surface area (Å²) in [4.78, 5) is 23.7. The number of ether oxygens (including phenoxy) is 2. The minimum absolute atomic E-state index is 0.0599. The van der Waals surface area contributed by atoms with Crippen LogP contribution in [-0.4, -0.2) is 43.6 Å². The average Bonchev–Trinajstić information content (AvgIpc) is 2.72. The fourth-order valence-corrected chi connectivity index (χ4v) is 2.43. The van der Waals surface area contributed by atoms with E-state index in [-0.39, 0.29) is 25.7 Å². The first-order valence-corrected chi connectivity index (χ1v) is 9.50. The lowest BCUT2D eigenvalue weighted by atomic mass is 10.1. The number of hydrogen-bond donors (Lipinski definition) is 3. The van der Waals surface area contributed by atoms with Gasteiger partial charge in [-0.2, -0.15) is 0 Å². The van der Waals surface area contributed by atoms with E-state index in [1.807, 2.05) is 12.1 Å². The molecule has 1 aromatic carbocycles. The van der Waals surface area contributed by atoms with Crippen LogP contribution < -0.4 is 10.8 Å². The highest BCUT2D eigenvalue weighted by Gasteiger charge is 2.15. The predicted molar refractivity (Wildman–Crippen MR) is 106 cm³/mol. The fraction of sp³-hybridized carbons (Fsp3) is 0.524. The van der Waals surface area contributed by atoms with Crippen molar-refractivity contribution in [2.24, 2.45) is 0 Å². The number of rotatable bonds is 12. The Hall–Kier alpha value is -2.40.